The van der Waals surface area contributed by atoms with Crippen LogP contribution in [-0.2, 0) is 0 Å². The van der Waals surface area contributed by atoms with Gasteiger partial charge in [0.1, 0.15) is 0 Å². The number of likely N-dealkylation sites (tertiary alicyclic amines) is 1. The molecule has 0 aromatic carbocycles. The van der Waals surface area contributed by atoms with Gasteiger partial charge in [-0.2, -0.15) is 0 Å². The van der Waals surface area contributed by atoms with E-state index in [4.69, 9.17) is 4.74 Å². The Morgan fingerprint density at radius 1 is 1.56 bits per heavy atom. The molecule has 0 radical (unpaired) electrons. The molecule has 1 amide bonds. The maximum absolute atomic E-state index is 11.6. The zero-order valence-corrected chi connectivity index (χ0v) is 11.1. The van der Waals surface area contributed by atoms with Gasteiger partial charge in [-0.1, -0.05) is 6.07 Å². The highest BCUT2D eigenvalue weighted by molar-refractivity contribution is 5.69. The maximum atomic E-state index is 11.6. The lowest BCUT2D eigenvalue weighted by Crippen LogP contribution is -2.27. The van der Waals surface area contributed by atoms with Crippen molar-refractivity contribution in [1.29, 1.82) is 0 Å². The third-order valence-electron chi connectivity index (χ3n) is 3.23. The number of aromatic nitrogens is 1. The van der Waals surface area contributed by atoms with Gasteiger partial charge >= 0.3 is 6.09 Å². The first-order valence-corrected chi connectivity index (χ1v) is 6.14. The van der Waals surface area contributed by atoms with Crippen LogP contribution in [0.15, 0.2) is 18.3 Å². The Morgan fingerprint density at radius 3 is 2.94 bits per heavy atom. The number of hydrogen-bond acceptors (Lipinski definition) is 4. The molecule has 98 valence electrons. The molecule has 1 fully saturated rings. The second-order valence-corrected chi connectivity index (χ2v) is 4.80. The molecule has 2 rings (SSSR count). The standard InChI is InChI=1S/C13H19N3O2/c1-15(2)13(17)18-12-10(6-4-8-14-12)11-7-5-9-16(11)3/h4,6,8,11H,5,7,9H2,1-3H3. The Balaban J connectivity index is 2.22. The van der Waals surface area contributed by atoms with Crippen molar-refractivity contribution in [2.24, 2.45) is 0 Å². The summed E-state index contributed by atoms with van der Waals surface area (Å²) in [5, 5.41) is 0. The van der Waals surface area contributed by atoms with Crippen LogP contribution in [0.3, 0.4) is 0 Å². The highest BCUT2D eigenvalue weighted by Gasteiger charge is 2.26. The molecule has 2 heterocycles. The molecule has 0 aliphatic carbocycles. The SMILES string of the molecule is CN(C)C(=O)Oc1ncccc1C1CCCN1C. The zero-order valence-electron chi connectivity index (χ0n) is 11.1. The van der Waals surface area contributed by atoms with Crippen LogP contribution < -0.4 is 4.74 Å². The van der Waals surface area contributed by atoms with Gasteiger partial charge in [0.2, 0.25) is 5.88 Å². The number of carbonyl (C=O) groups excluding carboxylic acids is 1. The fourth-order valence-electron chi connectivity index (χ4n) is 2.22. The van der Waals surface area contributed by atoms with Gasteiger partial charge in [0.05, 0.1) is 0 Å². The van der Waals surface area contributed by atoms with E-state index in [-0.39, 0.29) is 0 Å². The fraction of sp³-hybridized carbons (Fsp3) is 0.538. The molecule has 1 unspecified atom stereocenters. The Bertz CT molecular complexity index is 434. The molecule has 5 nitrogen and oxygen atoms in total. The first-order valence-electron chi connectivity index (χ1n) is 6.14. The van der Waals surface area contributed by atoms with Crippen LogP contribution in [0.25, 0.3) is 0 Å². The summed E-state index contributed by atoms with van der Waals surface area (Å²) in [6.07, 6.45) is 3.50. The lowest BCUT2D eigenvalue weighted by molar-refractivity contribution is 0.168. The average Bonchev–Trinajstić information content (AvgIpc) is 2.76. The van der Waals surface area contributed by atoms with Crippen LogP contribution in [0.2, 0.25) is 0 Å². The van der Waals surface area contributed by atoms with E-state index in [0.29, 0.717) is 11.9 Å². The Morgan fingerprint density at radius 2 is 2.33 bits per heavy atom. The molecule has 0 spiro atoms. The van der Waals surface area contributed by atoms with E-state index >= 15 is 0 Å². The lowest BCUT2D eigenvalue weighted by Gasteiger charge is -2.21. The number of ether oxygens (including phenoxy) is 1. The van der Waals surface area contributed by atoms with E-state index in [9.17, 15) is 4.79 Å². The molecule has 1 aromatic heterocycles. The summed E-state index contributed by atoms with van der Waals surface area (Å²) < 4.78 is 5.32. The van der Waals surface area contributed by atoms with Gasteiger partial charge in [-0.05, 0) is 32.5 Å². The average molecular weight is 249 g/mol. The molecular formula is C13H19N3O2. The van der Waals surface area contributed by atoms with Crippen molar-refractivity contribution in [2.75, 3.05) is 27.7 Å². The van der Waals surface area contributed by atoms with Crippen LogP contribution in [0.1, 0.15) is 24.4 Å². The largest absolute Gasteiger partial charge is 0.416 e. The quantitative estimate of drug-likeness (QED) is 0.803. The van der Waals surface area contributed by atoms with Crippen molar-refractivity contribution in [1.82, 2.24) is 14.8 Å². The van der Waals surface area contributed by atoms with E-state index in [0.717, 1.165) is 24.9 Å². The first-order chi connectivity index (χ1) is 8.59. The Kier molecular flexibility index (Phi) is 3.81. The van der Waals surface area contributed by atoms with Crippen molar-refractivity contribution in [3.63, 3.8) is 0 Å². The minimum atomic E-state index is -0.393. The van der Waals surface area contributed by atoms with Crippen molar-refractivity contribution in [3.05, 3.63) is 23.9 Å². The predicted octanol–water partition coefficient (Wildman–Crippen LogP) is 1.91. The minimum absolute atomic E-state index is 0.295. The third-order valence-corrected chi connectivity index (χ3v) is 3.23. The zero-order chi connectivity index (χ0) is 13.1. The van der Waals surface area contributed by atoms with Crippen molar-refractivity contribution in [2.45, 2.75) is 18.9 Å². The summed E-state index contributed by atoms with van der Waals surface area (Å²) in [6, 6.07) is 4.16. The summed E-state index contributed by atoms with van der Waals surface area (Å²) >= 11 is 0. The summed E-state index contributed by atoms with van der Waals surface area (Å²) in [5.74, 6) is 0.426. The van der Waals surface area contributed by atoms with Gasteiger partial charge in [-0.3, -0.25) is 4.90 Å². The highest BCUT2D eigenvalue weighted by atomic mass is 16.6. The van der Waals surface area contributed by atoms with E-state index in [1.54, 1.807) is 20.3 Å². The fourth-order valence-corrected chi connectivity index (χ4v) is 2.22. The van der Waals surface area contributed by atoms with E-state index in [2.05, 4.69) is 16.9 Å². The second-order valence-electron chi connectivity index (χ2n) is 4.80. The molecule has 1 aliphatic rings. The molecule has 5 heteroatoms. The van der Waals surface area contributed by atoms with Crippen LogP contribution in [0.4, 0.5) is 4.79 Å². The smallest absolute Gasteiger partial charge is 0.391 e. The molecule has 1 saturated heterocycles. The van der Waals surface area contributed by atoms with Gasteiger partial charge in [0, 0.05) is 31.9 Å². The number of rotatable bonds is 2. The topological polar surface area (TPSA) is 45.7 Å². The Hall–Kier alpha value is -1.62. The first kappa shape index (κ1) is 12.8. The molecule has 1 atom stereocenters. The van der Waals surface area contributed by atoms with E-state index < -0.39 is 6.09 Å². The van der Waals surface area contributed by atoms with Gasteiger partial charge in [0.25, 0.3) is 0 Å². The van der Waals surface area contributed by atoms with Crippen LogP contribution in [-0.4, -0.2) is 48.6 Å². The number of carbonyl (C=O) groups is 1. The van der Waals surface area contributed by atoms with Crippen LogP contribution in [0, 0.1) is 0 Å². The second kappa shape index (κ2) is 5.35. The van der Waals surface area contributed by atoms with E-state index in [1.165, 1.54) is 4.90 Å². The highest BCUT2D eigenvalue weighted by Crippen LogP contribution is 2.34. The summed E-state index contributed by atoms with van der Waals surface area (Å²) in [6.45, 7) is 1.07. The third kappa shape index (κ3) is 2.61. The van der Waals surface area contributed by atoms with Crippen molar-refractivity contribution >= 4 is 6.09 Å². The molecule has 0 saturated carbocycles. The van der Waals surface area contributed by atoms with Gasteiger partial charge in [0.15, 0.2) is 0 Å². The van der Waals surface area contributed by atoms with E-state index in [1.807, 2.05) is 12.1 Å². The van der Waals surface area contributed by atoms with Crippen LogP contribution >= 0.6 is 0 Å². The molecular weight excluding hydrogens is 230 g/mol. The number of hydrogen-bond donors (Lipinski definition) is 0. The maximum Gasteiger partial charge on any atom is 0.416 e. The molecule has 0 N–H and O–H groups in total. The number of nitrogens with zero attached hydrogens (tertiary/aromatic N) is 3. The number of amides is 1. The van der Waals surface area contributed by atoms with Crippen molar-refractivity contribution in [3.8, 4) is 5.88 Å². The minimum Gasteiger partial charge on any atom is -0.391 e. The molecule has 1 aromatic rings. The van der Waals surface area contributed by atoms with Gasteiger partial charge in [-0.25, -0.2) is 9.78 Å². The van der Waals surface area contributed by atoms with Gasteiger partial charge in [-0.15, -0.1) is 0 Å². The lowest BCUT2D eigenvalue weighted by atomic mass is 10.1. The summed E-state index contributed by atoms with van der Waals surface area (Å²) in [5.41, 5.74) is 0.993. The number of pyridine rings is 1. The summed E-state index contributed by atoms with van der Waals surface area (Å²) in [7, 11) is 5.40. The molecule has 1 aliphatic heterocycles. The Labute approximate surface area is 107 Å². The van der Waals surface area contributed by atoms with Gasteiger partial charge < -0.3 is 9.64 Å². The molecule has 18 heavy (non-hydrogen) atoms. The van der Waals surface area contributed by atoms with Crippen LogP contribution in [0.5, 0.6) is 5.88 Å². The normalized spacial score (nSPS) is 19.8. The predicted molar refractivity (Wildman–Crippen MR) is 68.6 cm³/mol. The summed E-state index contributed by atoms with van der Waals surface area (Å²) in [4.78, 5) is 19.5. The monoisotopic (exact) mass is 249 g/mol. The van der Waals surface area contributed by atoms with Crippen molar-refractivity contribution < 1.29 is 9.53 Å². The molecule has 0 bridgehead atoms.